The summed E-state index contributed by atoms with van der Waals surface area (Å²) in [5, 5.41) is 10.1. The molecular weight excluding hydrogens is 256 g/mol. The second-order valence-electron chi connectivity index (χ2n) is 4.58. The monoisotopic (exact) mass is 272 g/mol. The largest absolute Gasteiger partial charge is 0.496 e. The van der Waals surface area contributed by atoms with E-state index in [1.54, 1.807) is 7.11 Å². The maximum Gasteiger partial charge on any atom is 0.128 e. The zero-order valence-corrected chi connectivity index (χ0v) is 12.1. The topological polar surface area (TPSA) is 45.9 Å². The molecule has 0 radical (unpaired) electrons. The van der Waals surface area contributed by atoms with Crippen molar-refractivity contribution in [2.75, 3.05) is 7.11 Å². The van der Waals surface area contributed by atoms with Gasteiger partial charge in [-0.25, -0.2) is 4.98 Å². The Morgan fingerprint density at radius 3 is 2.68 bits per heavy atom. The van der Waals surface area contributed by atoms with E-state index < -0.39 is 0 Å². The van der Waals surface area contributed by atoms with Gasteiger partial charge in [0.2, 0.25) is 0 Å². The molecule has 0 fully saturated rings. The minimum absolute atomic E-state index is 0.275. The molecule has 0 spiro atoms. The van der Waals surface area contributed by atoms with Crippen LogP contribution in [0.25, 0.3) is 0 Å². The normalized spacial score (nSPS) is 10.5. The molecule has 19 heavy (non-hydrogen) atoms. The highest BCUT2D eigenvalue weighted by Crippen LogP contribution is 2.28. The van der Waals surface area contributed by atoms with Gasteiger partial charge in [-0.2, -0.15) is 5.26 Å². The van der Waals surface area contributed by atoms with Crippen LogP contribution in [0.1, 0.15) is 40.9 Å². The standard InChI is InChI=1S/C15H16N2OS/c1-10(2)15-13(9-16)19-14(17-15)8-11-6-4-5-7-12(11)18-3/h4-7,10H,8H2,1-3H3. The van der Waals surface area contributed by atoms with Crippen LogP contribution in [0.15, 0.2) is 24.3 Å². The average molecular weight is 272 g/mol. The highest BCUT2D eigenvalue weighted by atomic mass is 32.1. The smallest absolute Gasteiger partial charge is 0.128 e. The molecule has 0 atom stereocenters. The summed E-state index contributed by atoms with van der Waals surface area (Å²) in [6.07, 6.45) is 0.704. The highest BCUT2D eigenvalue weighted by Gasteiger charge is 2.15. The Labute approximate surface area is 117 Å². The van der Waals surface area contributed by atoms with Crippen molar-refractivity contribution in [2.45, 2.75) is 26.2 Å². The number of ether oxygens (including phenoxy) is 1. The number of methoxy groups -OCH3 is 1. The van der Waals surface area contributed by atoms with Gasteiger partial charge in [-0.1, -0.05) is 32.0 Å². The Hall–Kier alpha value is -1.86. The van der Waals surface area contributed by atoms with E-state index in [0.29, 0.717) is 6.42 Å². The van der Waals surface area contributed by atoms with Crippen molar-refractivity contribution < 1.29 is 4.74 Å². The predicted octanol–water partition coefficient (Wildman–Crippen LogP) is 3.74. The fourth-order valence-electron chi connectivity index (χ4n) is 1.94. The second kappa shape index (κ2) is 5.85. The number of nitrogens with zero attached hydrogens (tertiary/aromatic N) is 2. The van der Waals surface area contributed by atoms with E-state index in [-0.39, 0.29) is 5.92 Å². The van der Waals surface area contributed by atoms with Gasteiger partial charge in [0.25, 0.3) is 0 Å². The van der Waals surface area contributed by atoms with Gasteiger partial charge in [0.15, 0.2) is 0 Å². The lowest BCUT2D eigenvalue weighted by Crippen LogP contribution is -1.94. The van der Waals surface area contributed by atoms with Crippen molar-refractivity contribution in [1.29, 1.82) is 5.26 Å². The first kappa shape index (κ1) is 13.6. The second-order valence-corrected chi connectivity index (χ2v) is 5.66. The SMILES string of the molecule is COc1ccccc1Cc1nc(C(C)C)c(C#N)s1. The van der Waals surface area contributed by atoms with Crippen LogP contribution in [0, 0.1) is 11.3 Å². The third kappa shape index (κ3) is 2.94. The maximum absolute atomic E-state index is 9.14. The van der Waals surface area contributed by atoms with Crippen molar-refractivity contribution >= 4 is 11.3 Å². The average Bonchev–Trinajstić information content (AvgIpc) is 2.82. The Morgan fingerprint density at radius 2 is 2.11 bits per heavy atom. The van der Waals surface area contributed by atoms with Crippen LogP contribution in [-0.4, -0.2) is 12.1 Å². The number of para-hydroxylation sites is 1. The first-order valence-corrected chi connectivity index (χ1v) is 6.99. The summed E-state index contributed by atoms with van der Waals surface area (Å²) in [5.74, 6) is 1.14. The number of benzene rings is 1. The first-order chi connectivity index (χ1) is 9.15. The molecular formula is C15H16N2OS. The molecule has 3 nitrogen and oxygen atoms in total. The van der Waals surface area contributed by atoms with Crippen molar-refractivity contribution in [3.8, 4) is 11.8 Å². The Balaban J connectivity index is 2.32. The summed E-state index contributed by atoms with van der Waals surface area (Å²) >= 11 is 1.47. The summed E-state index contributed by atoms with van der Waals surface area (Å²) in [5.41, 5.74) is 2.00. The molecule has 98 valence electrons. The number of nitriles is 1. The highest BCUT2D eigenvalue weighted by molar-refractivity contribution is 7.12. The Bertz CT molecular complexity index is 611. The van der Waals surface area contributed by atoms with Crippen LogP contribution >= 0.6 is 11.3 Å². The van der Waals surface area contributed by atoms with Crippen LogP contribution in [0.2, 0.25) is 0 Å². The van der Waals surface area contributed by atoms with Crippen molar-refractivity contribution in [3.63, 3.8) is 0 Å². The molecule has 0 unspecified atom stereocenters. The van der Waals surface area contributed by atoms with Gasteiger partial charge in [-0.05, 0) is 12.0 Å². The van der Waals surface area contributed by atoms with Crippen LogP contribution in [0.5, 0.6) is 5.75 Å². The van der Waals surface area contributed by atoms with Crippen LogP contribution < -0.4 is 4.74 Å². The Morgan fingerprint density at radius 1 is 1.37 bits per heavy atom. The summed E-state index contributed by atoms with van der Waals surface area (Å²) < 4.78 is 5.34. The maximum atomic E-state index is 9.14. The number of thiazole rings is 1. The molecule has 0 aliphatic carbocycles. The predicted molar refractivity (Wildman–Crippen MR) is 76.7 cm³/mol. The number of aromatic nitrogens is 1. The van der Waals surface area contributed by atoms with E-state index in [1.807, 2.05) is 24.3 Å². The number of rotatable bonds is 4. The Kier molecular flexibility index (Phi) is 4.18. The van der Waals surface area contributed by atoms with Gasteiger partial charge in [0.05, 0.1) is 17.8 Å². The first-order valence-electron chi connectivity index (χ1n) is 6.17. The molecule has 2 aromatic rings. The fraction of sp³-hybridized carbons (Fsp3) is 0.333. The third-order valence-electron chi connectivity index (χ3n) is 2.88. The molecule has 0 N–H and O–H groups in total. The summed E-state index contributed by atoms with van der Waals surface area (Å²) in [6.45, 7) is 4.12. The van der Waals surface area contributed by atoms with Crippen molar-refractivity contribution in [1.82, 2.24) is 4.98 Å². The summed E-state index contributed by atoms with van der Waals surface area (Å²) in [6, 6.07) is 10.1. The van der Waals surface area contributed by atoms with Crippen LogP contribution in [-0.2, 0) is 6.42 Å². The van der Waals surface area contributed by atoms with E-state index in [0.717, 1.165) is 26.9 Å². The molecule has 0 aliphatic heterocycles. The lowest BCUT2D eigenvalue weighted by atomic mass is 10.1. The molecule has 0 amide bonds. The van der Waals surface area contributed by atoms with Crippen LogP contribution in [0.3, 0.4) is 0 Å². The van der Waals surface area contributed by atoms with E-state index in [1.165, 1.54) is 11.3 Å². The van der Waals surface area contributed by atoms with E-state index in [4.69, 9.17) is 10.00 Å². The molecule has 1 aromatic heterocycles. The zero-order valence-electron chi connectivity index (χ0n) is 11.3. The number of hydrogen-bond donors (Lipinski definition) is 0. The molecule has 1 aromatic carbocycles. The van der Waals surface area contributed by atoms with Gasteiger partial charge in [-0.3, -0.25) is 0 Å². The van der Waals surface area contributed by atoms with E-state index in [2.05, 4.69) is 24.9 Å². The van der Waals surface area contributed by atoms with Crippen molar-refractivity contribution in [3.05, 3.63) is 45.4 Å². The van der Waals surface area contributed by atoms with Crippen molar-refractivity contribution in [2.24, 2.45) is 0 Å². The van der Waals surface area contributed by atoms with Gasteiger partial charge >= 0.3 is 0 Å². The summed E-state index contributed by atoms with van der Waals surface area (Å²) in [7, 11) is 1.67. The van der Waals surface area contributed by atoms with Gasteiger partial charge in [0.1, 0.15) is 16.7 Å². The van der Waals surface area contributed by atoms with Gasteiger partial charge < -0.3 is 4.74 Å². The minimum Gasteiger partial charge on any atom is -0.496 e. The molecule has 1 heterocycles. The molecule has 4 heteroatoms. The number of hydrogen-bond acceptors (Lipinski definition) is 4. The van der Waals surface area contributed by atoms with E-state index in [9.17, 15) is 0 Å². The summed E-state index contributed by atoms with van der Waals surface area (Å²) in [4.78, 5) is 5.31. The molecule has 0 bridgehead atoms. The van der Waals surface area contributed by atoms with Crippen LogP contribution in [0.4, 0.5) is 0 Å². The lowest BCUT2D eigenvalue weighted by Gasteiger charge is -2.06. The molecule has 0 saturated heterocycles. The van der Waals surface area contributed by atoms with Gasteiger partial charge in [-0.15, -0.1) is 11.3 Å². The quantitative estimate of drug-likeness (QED) is 0.851. The lowest BCUT2D eigenvalue weighted by molar-refractivity contribution is 0.410. The molecule has 2 rings (SSSR count). The van der Waals surface area contributed by atoms with Gasteiger partial charge in [0, 0.05) is 12.0 Å². The molecule has 0 saturated carbocycles. The third-order valence-corrected chi connectivity index (χ3v) is 3.86. The minimum atomic E-state index is 0.275. The fourth-order valence-corrected chi connectivity index (χ4v) is 2.98. The zero-order chi connectivity index (χ0) is 13.8. The molecule has 0 aliphatic rings. The van der Waals surface area contributed by atoms with E-state index >= 15 is 0 Å².